The predicted molar refractivity (Wildman–Crippen MR) is 69.8 cm³/mol. The molecule has 1 aromatic rings. The van der Waals surface area contributed by atoms with Crippen LogP contribution < -0.4 is 5.32 Å². The minimum Gasteiger partial charge on any atom is -0.389 e. The summed E-state index contributed by atoms with van der Waals surface area (Å²) in [4.78, 5) is 11.8. The Morgan fingerprint density at radius 2 is 2.12 bits per heavy atom. The minimum atomic E-state index is -0.514. The van der Waals surface area contributed by atoms with Gasteiger partial charge in [0.2, 0.25) is 5.91 Å². The molecule has 17 heavy (non-hydrogen) atoms. The maximum atomic E-state index is 11.8. The molecule has 3 heteroatoms. The molecule has 1 aromatic carbocycles. The van der Waals surface area contributed by atoms with Crippen molar-refractivity contribution < 1.29 is 9.90 Å². The summed E-state index contributed by atoms with van der Waals surface area (Å²) >= 11 is 0. The van der Waals surface area contributed by atoms with Crippen LogP contribution in [0, 0.1) is 5.92 Å². The largest absolute Gasteiger partial charge is 0.389 e. The molecule has 2 N–H and O–H groups in total. The first kappa shape index (κ1) is 13.7. The van der Waals surface area contributed by atoms with Crippen molar-refractivity contribution in [3.63, 3.8) is 0 Å². The van der Waals surface area contributed by atoms with Crippen LogP contribution in [-0.4, -0.2) is 11.0 Å². The summed E-state index contributed by atoms with van der Waals surface area (Å²) in [5.74, 6) is 0.0600. The summed E-state index contributed by atoms with van der Waals surface area (Å²) in [5.41, 5.74) is 1.56. The van der Waals surface area contributed by atoms with Crippen LogP contribution >= 0.6 is 0 Å². The first-order valence-electron chi connectivity index (χ1n) is 6.13. The number of carbonyl (C=O) groups is 1. The highest BCUT2D eigenvalue weighted by atomic mass is 16.3. The lowest BCUT2D eigenvalue weighted by Gasteiger charge is -2.12. The van der Waals surface area contributed by atoms with Crippen LogP contribution in [0.15, 0.2) is 24.3 Å². The molecule has 0 spiro atoms. The fourth-order valence-corrected chi connectivity index (χ4v) is 1.71. The molecule has 3 nitrogen and oxygen atoms in total. The topological polar surface area (TPSA) is 49.3 Å². The molecule has 0 aliphatic rings. The van der Waals surface area contributed by atoms with E-state index in [0.29, 0.717) is 0 Å². The summed E-state index contributed by atoms with van der Waals surface area (Å²) in [6.45, 7) is 5.70. The summed E-state index contributed by atoms with van der Waals surface area (Å²) in [5, 5.41) is 12.3. The summed E-state index contributed by atoms with van der Waals surface area (Å²) in [6.07, 6.45) is 1.38. The van der Waals surface area contributed by atoms with Crippen LogP contribution in [0.1, 0.15) is 45.3 Å². The van der Waals surface area contributed by atoms with Crippen molar-refractivity contribution in [3.05, 3.63) is 29.8 Å². The number of benzene rings is 1. The Bertz CT molecular complexity index is 374. The molecule has 0 radical (unpaired) electrons. The first-order chi connectivity index (χ1) is 8.04. The van der Waals surface area contributed by atoms with Crippen LogP contribution in [0.5, 0.6) is 0 Å². The number of anilines is 1. The van der Waals surface area contributed by atoms with Gasteiger partial charge in [0.25, 0.3) is 0 Å². The van der Waals surface area contributed by atoms with Crippen molar-refractivity contribution in [2.24, 2.45) is 5.92 Å². The third kappa shape index (κ3) is 4.19. The zero-order valence-corrected chi connectivity index (χ0v) is 10.7. The van der Waals surface area contributed by atoms with Gasteiger partial charge in [-0.2, -0.15) is 0 Å². The molecule has 2 atom stereocenters. The Kier molecular flexibility index (Phi) is 5.16. The van der Waals surface area contributed by atoms with Crippen LogP contribution in [0.25, 0.3) is 0 Å². The second-order valence-corrected chi connectivity index (χ2v) is 4.48. The number of rotatable bonds is 5. The average molecular weight is 235 g/mol. The second kappa shape index (κ2) is 6.40. The molecule has 1 amide bonds. The van der Waals surface area contributed by atoms with E-state index < -0.39 is 6.10 Å². The first-order valence-corrected chi connectivity index (χ1v) is 6.13. The fourth-order valence-electron chi connectivity index (χ4n) is 1.71. The number of amides is 1. The van der Waals surface area contributed by atoms with Crippen molar-refractivity contribution in [3.8, 4) is 0 Å². The number of aliphatic hydroxyl groups is 1. The van der Waals surface area contributed by atoms with Gasteiger partial charge in [-0.1, -0.05) is 32.4 Å². The Balaban J connectivity index is 2.68. The Hall–Kier alpha value is -1.35. The third-order valence-corrected chi connectivity index (χ3v) is 2.81. The number of carbonyl (C=O) groups excluding carboxylic acids is 1. The van der Waals surface area contributed by atoms with Crippen molar-refractivity contribution in [2.75, 3.05) is 5.32 Å². The Labute approximate surface area is 103 Å². The van der Waals surface area contributed by atoms with Crippen molar-refractivity contribution >= 4 is 11.6 Å². The van der Waals surface area contributed by atoms with E-state index in [1.165, 1.54) is 0 Å². The highest BCUT2D eigenvalue weighted by Crippen LogP contribution is 2.18. The van der Waals surface area contributed by atoms with Gasteiger partial charge in [0, 0.05) is 11.6 Å². The fraction of sp³-hybridized carbons (Fsp3) is 0.500. The summed E-state index contributed by atoms with van der Waals surface area (Å²) in [6, 6.07) is 7.32. The van der Waals surface area contributed by atoms with Gasteiger partial charge in [0.05, 0.1) is 6.10 Å². The van der Waals surface area contributed by atoms with Gasteiger partial charge in [-0.25, -0.2) is 0 Å². The second-order valence-electron chi connectivity index (χ2n) is 4.48. The van der Waals surface area contributed by atoms with Gasteiger partial charge in [-0.15, -0.1) is 0 Å². The van der Waals surface area contributed by atoms with Gasteiger partial charge < -0.3 is 10.4 Å². The van der Waals surface area contributed by atoms with Gasteiger partial charge in [-0.05, 0) is 31.0 Å². The van der Waals surface area contributed by atoms with Gasteiger partial charge in [0.15, 0.2) is 0 Å². The van der Waals surface area contributed by atoms with E-state index in [0.717, 1.165) is 24.1 Å². The molecule has 0 aliphatic carbocycles. The number of nitrogens with one attached hydrogen (secondary N) is 1. The van der Waals surface area contributed by atoms with Crippen molar-refractivity contribution in [1.29, 1.82) is 0 Å². The van der Waals surface area contributed by atoms with Gasteiger partial charge >= 0.3 is 0 Å². The van der Waals surface area contributed by atoms with E-state index in [-0.39, 0.29) is 11.8 Å². The standard InChI is InChI=1S/C14H21NO2/c1-4-6-10(2)14(17)15-13-8-5-7-12(9-13)11(3)16/h5,7-11,16H,4,6H2,1-3H3,(H,15,17). The summed E-state index contributed by atoms with van der Waals surface area (Å²) in [7, 11) is 0. The number of hydrogen-bond acceptors (Lipinski definition) is 2. The van der Waals surface area contributed by atoms with E-state index in [9.17, 15) is 9.90 Å². The maximum Gasteiger partial charge on any atom is 0.227 e. The van der Waals surface area contributed by atoms with E-state index >= 15 is 0 Å². The molecule has 0 heterocycles. The minimum absolute atomic E-state index is 0.0233. The predicted octanol–water partition coefficient (Wildman–Crippen LogP) is 3.11. The monoisotopic (exact) mass is 235 g/mol. The molecule has 0 aromatic heterocycles. The molecular weight excluding hydrogens is 214 g/mol. The zero-order valence-electron chi connectivity index (χ0n) is 10.7. The molecule has 0 saturated carbocycles. The van der Waals surface area contributed by atoms with Crippen LogP contribution in [0.3, 0.4) is 0 Å². The Morgan fingerprint density at radius 3 is 2.71 bits per heavy atom. The lowest BCUT2D eigenvalue weighted by atomic mass is 10.0. The van der Waals surface area contributed by atoms with E-state index in [1.54, 1.807) is 13.0 Å². The van der Waals surface area contributed by atoms with Crippen molar-refractivity contribution in [1.82, 2.24) is 0 Å². The highest BCUT2D eigenvalue weighted by Gasteiger charge is 2.12. The molecule has 0 fully saturated rings. The van der Waals surface area contributed by atoms with Crippen LogP contribution in [0.2, 0.25) is 0 Å². The van der Waals surface area contributed by atoms with E-state index in [1.807, 2.05) is 25.1 Å². The van der Waals surface area contributed by atoms with E-state index in [4.69, 9.17) is 0 Å². The van der Waals surface area contributed by atoms with Crippen LogP contribution in [-0.2, 0) is 4.79 Å². The van der Waals surface area contributed by atoms with Crippen molar-refractivity contribution in [2.45, 2.75) is 39.7 Å². The lowest BCUT2D eigenvalue weighted by molar-refractivity contribution is -0.119. The van der Waals surface area contributed by atoms with E-state index in [2.05, 4.69) is 12.2 Å². The molecule has 94 valence electrons. The molecular formula is C14H21NO2. The van der Waals surface area contributed by atoms with Gasteiger partial charge in [0.1, 0.15) is 0 Å². The Morgan fingerprint density at radius 1 is 1.41 bits per heavy atom. The normalized spacial score (nSPS) is 14.1. The molecule has 0 aliphatic heterocycles. The molecule has 0 saturated heterocycles. The number of hydrogen-bond donors (Lipinski definition) is 2. The molecule has 1 rings (SSSR count). The molecule has 0 bridgehead atoms. The lowest BCUT2D eigenvalue weighted by Crippen LogP contribution is -2.20. The molecule has 2 unspecified atom stereocenters. The highest BCUT2D eigenvalue weighted by molar-refractivity contribution is 5.92. The average Bonchev–Trinajstić information content (AvgIpc) is 2.29. The van der Waals surface area contributed by atoms with Gasteiger partial charge in [-0.3, -0.25) is 4.79 Å². The number of aliphatic hydroxyl groups excluding tert-OH is 1. The SMILES string of the molecule is CCCC(C)C(=O)Nc1cccc(C(C)O)c1. The van der Waals surface area contributed by atoms with Crippen LogP contribution in [0.4, 0.5) is 5.69 Å². The zero-order chi connectivity index (χ0) is 12.8. The third-order valence-electron chi connectivity index (χ3n) is 2.81. The smallest absolute Gasteiger partial charge is 0.227 e. The summed E-state index contributed by atoms with van der Waals surface area (Å²) < 4.78 is 0. The maximum absolute atomic E-state index is 11.8. The quantitative estimate of drug-likeness (QED) is 0.823.